The van der Waals surface area contributed by atoms with Gasteiger partial charge in [-0.25, -0.2) is 4.98 Å². The van der Waals surface area contributed by atoms with Gasteiger partial charge in [-0.05, 0) is 37.1 Å². The summed E-state index contributed by atoms with van der Waals surface area (Å²) < 4.78 is 1.61. The zero-order valence-corrected chi connectivity index (χ0v) is 12.7. The molecule has 0 unspecified atom stereocenters. The molecule has 0 aliphatic rings. The number of amides is 1. The first-order valence-electron chi connectivity index (χ1n) is 7.07. The fourth-order valence-corrected chi connectivity index (χ4v) is 2.02. The van der Waals surface area contributed by atoms with Crippen molar-refractivity contribution in [3.8, 4) is 0 Å². The van der Waals surface area contributed by atoms with E-state index < -0.39 is 0 Å². The van der Waals surface area contributed by atoms with Crippen molar-refractivity contribution < 1.29 is 4.79 Å². The Balaban J connectivity index is 1.98. The number of anilines is 1. The molecule has 2 aromatic rings. The second kappa shape index (κ2) is 6.88. The number of aromatic nitrogens is 3. The van der Waals surface area contributed by atoms with Gasteiger partial charge < -0.3 is 10.6 Å². The average molecular weight is 287 g/mol. The van der Waals surface area contributed by atoms with Gasteiger partial charge in [-0.3, -0.25) is 9.48 Å². The van der Waals surface area contributed by atoms with E-state index in [0.29, 0.717) is 17.9 Å². The number of nitrogens with zero attached hydrogens (tertiary/aromatic N) is 3. The third-order valence-electron chi connectivity index (χ3n) is 3.10. The summed E-state index contributed by atoms with van der Waals surface area (Å²) in [5, 5.41) is 10.3. The van der Waals surface area contributed by atoms with Gasteiger partial charge in [-0.1, -0.05) is 6.92 Å². The summed E-state index contributed by atoms with van der Waals surface area (Å²) in [7, 11) is 1.80. The summed E-state index contributed by atoms with van der Waals surface area (Å²) in [6.45, 7) is 5.31. The molecule has 0 aliphatic carbocycles. The molecule has 21 heavy (non-hydrogen) atoms. The van der Waals surface area contributed by atoms with Gasteiger partial charge in [-0.15, -0.1) is 0 Å². The van der Waals surface area contributed by atoms with Crippen LogP contribution in [-0.2, 0) is 13.6 Å². The Hall–Kier alpha value is -2.37. The average Bonchev–Trinajstić information content (AvgIpc) is 2.88. The Morgan fingerprint density at radius 1 is 1.38 bits per heavy atom. The summed E-state index contributed by atoms with van der Waals surface area (Å²) in [4.78, 5) is 16.3. The van der Waals surface area contributed by atoms with E-state index in [-0.39, 0.29) is 5.91 Å². The van der Waals surface area contributed by atoms with E-state index in [2.05, 4.69) is 27.6 Å². The number of hydrogen-bond donors (Lipinski definition) is 2. The third kappa shape index (κ3) is 4.05. The van der Waals surface area contributed by atoms with E-state index in [1.54, 1.807) is 18.1 Å². The van der Waals surface area contributed by atoms with Crippen molar-refractivity contribution in [2.24, 2.45) is 7.05 Å². The Morgan fingerprint density at radius 3 is 2.81 bits per heavy atom. The minimum absolute atomic E-state index is 0.109. The molecule has 2 rings (SSSR count). The number of carbonyl (C=O) groups is 1. The molecular weight excluding hydrogens is 266 g/mol. The lowest BCUT2D eigenvalue weighted by molar-refractivity contribution is 0.0949. The zero-order chi connectivity index (χ0) is 15.2. The van der Waals surface area contributed by atoms with Crippen LogP contribution in [0.2, 0.25) is 0 Å². The Morgan fingerprint density at radius 2 is 2.19 bits per heavy atom. The largest absolute Gasteiger partial charge is 0.385 e. The maximum atomic E-state index is 12.2. The van der Waals surface area contributed by atoms with Crippen LogP contribution >= 0.6 is 0 Å². The van der Waals surface area contributed by atoms with E-state index in [9.17, 15) is 4.79 Å². The molecule has 0 saturated carbocycles. The summed E-state index contributed by atoms with van der Waals surface area (Å²) >= 11 is 0. The molecule has 112 valence electrons. The van der Waals surface area contributed by atoms with E-state index in [0.717, 1.165) is 24.2 Å². The molecule has 6 heteroatoms. The molecule has 1 amide bonds. The predicted molar refractivity (Wildman–Crippen MR) is 82.1 cm³/mol. The molecule has 2 N–H and O–H groups in total. The molecule has 0 saturated heterocycles. The van der Waals surface area contributed by atoms with Crippen LogP contribution < -0.4 is 10.6 Å². The van der Waals surface area contributed by atoms with Gasteiger partial charge >= 0.3 is 0 Å². The molecule has 0 aliphatic heterocycles. The minimum atomic E-state index is -0.109. The van der Waals surface area contributed by atoms with E-state index in [1.165, 1.54) is 0 Å². The Labute approximate surface area is 124 Å². The number of aryl methyl sites for hydroxylation is 2. The van der Waals surface area contributed by atoms with Crippen LogP contribution in [0.4, 0.5) is 5.69 Å². The van der Waals surface area contributed by atoms with Crippen molar-refractivity contribution in [3.63, 3.8) is 0 Å². The normalized spacial score (nSPS) is 10.4. The van der Waals surface area contributed by atoms with Crippen molar-refractivity contribution in [3.05, 3.63) is 41.5 Å². The monoisotopic (exact) mass is 287 g/mol. The smallest absolute Gasteiger partial charge is 0.251 e. The van der Waals surface area contributed by atoms with Gasteiger partial charge in [0, 0.05) is 24.8 Å². The van der Waals surface area contributed by atoms with Gasteiger partial charge in [0.25, 0.3) is 5.91 Å². The lowest BCUT2D eigenvalue weighted by Gasteiger charge is -2.10. The van der Waals surface area contributed by atoms with E-state index in [4.69, 9.17) is 0 Å². The van der Waals surface area contributed by atoms with Gasteiger partial charge in [0.05, 0.1) is 6.54 Å². The van der Waals surface area contributed by atoms with Crippen molar-refractivity contribution >= 4 is 11.6 Å². The molecule has 1 aromatic carbocycles. The van der Waals surface area contributed by atoms with Crippen LogP contribution in [0.1, 0.15) is 35.1 Å². The standard InChI is InChI=1S/C15H21N5O/c1-4-7-16-12-5-6-13(11(2)8-12)15(21)17-9-14-18-10-20(3)19-14/h5-6,8,10,16H,4,7,9H2,1-3H3,(H,17,21). The molecule has 0 radical (unpaired) electrons. The Bertz CT molecular complexity index is 620. The zero-order valence-electron chi connectivity index (χ0n) is 12.7. The molecule has 0 fully saturated rings. The van der Waals surface area contributed by atoms with Crippen molar-refractivity contribution in [1.29, 1.82) is 0 Å². The highest BCUT2D eigenvalue weighted by atomic mass is 16.1. The molecule has 1 heterocycles. The first-order chi connectivity index (χ1) is 10.1. The number of nitrogens with one attached hydrogen (secondary N) is 2. The molecule has 1 aromatic heterocycles. The minimum Gasteiger partial charge on any atom is -0.385 e. The van der Waals surface area contributed by atoms with Crippen molar-refractivity contribution in [2.45, 2.75) is 26.8 Å². The van der Waals surface area contributed by atoms with E-state index >= 15 is 0 Å². The fourth-order valence-electron chi connectivity index (χ4n) is 2.02. The molecular formula is C15H21N5O. The Kier molecular flexibility index (Phi) is 4.92. The quantitative estimate of drug-likeness (QED) is 0.851. The van der Waals surface area contributed by atoms with Crippen LogP contribution in [0.3, 0.4) is 0 Å². The highest BCUT2D eigenvalue weighted by Gasteiger charge is 2.10. The van der Waals surface area contributed by atoms with Crippen LogP contribution in [0.5, 0.6) is 0 Å². The lowest BCUT2D eigenvalue weighted by atomic mass is 10.1. The molecule has 6 nitrogen and oxygen atoms in total. The van der Waals surface area contributed by atoms with Crippen molar-refractivity contribution in [2.75, 3.05) is 11.9 Å². The molecule has 0 spiro atoms. The summed E-state index contributed by atoms with van der Waals surface area (Å²) in [5.41, 5.74) is 2.66. The molecule has 0 bridgehead atoms. The third-order valence-corrected chi connectivity index (χ3v) is 3.10. The highest BCUT2D eigenvalue weighted by Crippen LogP contribution is 2.15. The number of hydrogen-bond acceptors (Lipinski definition) is 4. The summed E-state index contributed by atoms with van der Waals surface area (Å²) in [5.74, 6) is 0.492. The number of benzene rings is 1. The second-order valence-electron chi connectivity index (χ2n) is 4.97. The maximum absolute atomic E-state index is 12.2. The first kappa shape index (κ1) is 15.0. The summed E-state index contributed by atoms with van der Waals surface area (Å²) in [6.07, 6.45) is 2.68. The predicted octanol–water partition coefficient (Wildman–Crippen LogP) is 1.88. The van der Waals surface area contributed by atoms with Gasteiger partial charge in [0.1, 0.15) is 6.33 Å². The van der Waals surface area contributed by atoms with Crippen molar-refractivity contribution in [1.82, 2.24) is 20.1 Å². The SMILES string of the molecule is CCCNc1ccc(C(=O)NCc2ncn(C)n2)c(C)c1. The molecule has 0 atom stereocenters. The first-order valence-corrected chi connectivity index (χ1v) is 7.07. The topological polar surface area (TPSA) is 71.8 Å². The summed E-state index contributed by atoms with van der Waals surface area (Å²) in [6, 6.07) is 5.76. The lowest BCUT2D eigenvalue weighted by Crippen LogP contribution is -2.24. The van der Waals surface area contributed by atoms with Gasteiger partial charge in [0.2, 0.25) is 0 Å². The fraction of sp³-hybridized carbons (Fsp3) is 0.400. The van der Waals surface area contributed by atoms with Crippen LogP contribution in [-0.4, -0.2) is 27.2 Å². The van der Waals surface area contributed by atoms with Gasteiger partial charge in [-0.2, -0.15) is 5.10 Å². The highest BCUT2D eigenvalue weighted by molar-refractivity contribution is 5.95. The van der Waals surface area contributed by atoms with Crippen LogP contribution in [0.25, 0.3) is 0 Å². The van der Waals surface area contributed by atoms with Gasteiger partial charge in [0.15, 0.2) is 5.82 Å². The van der Waals surface area contributed by atoms with E-state index in [1.807, 2.05) is 25.1 Å². The second-order valence-corrected chi connectivity index (χ2v) is 4.97. The van der Waals surface area contributed by atoms with Crippen LogP contribution in [0, 0.1) is 6.92 Å². The number of carbonyl (C=O) groups excluding carboxylic acids is 1. The maximum Gasteiger partial charge on any atom is 0.251 e. The number of rotatable bonds is 6. The van der Waals surface area contributed by atoms with Crippen LogP contribution in [0.15, 0.2) is 24.5 Å².